The normalized spacial score (nSPS) is 13.2. The van der Waals surface area contributed by atoms with E-state index in [1.807, 2.05) is 31.2 Å². The molecule has 54 valence electrons. The summed E-state index contributed by atoms with van der Waals surface area (Å²) in [5.74, 6) is 0. The van der Waals surface area contributed by atoms with Gasteiger partial charge in [-0.05, 0) is 13.8 Å². The van der Waals surface area contributed by atoms with Gasteiger partial charge in [-0.15, -0.1) is 0 Å². The van der Waals surface area contributed by atoms with Crippen molar-refractivity contribution < 1.29 is 0 Å². The summed E-state index contributed by atoms with van der Waals surface area (Å²) in [6.07, 6.45) is 11.8. The van der Waals surface area contributed by atoms with Crippen molar-refractivity contribution in [3.63, 3.8) is 0 Å². The molecule has 0 saturated carbocycles. The molecule has 0 aliphatic rings. The van der Waals surface area contributed by atoms with Gasteiger partial charge in [0.1, 0.15) is 0 Å². The van der Waals surface area contributed by atoms with Crippen LogP contribution in [0.25, 0.3) is 0 Å². The van der Waals surface area contributed by atoms with Crippen LogP contribution in [0, 0.1) is 0 Å². The summed E-state index contributed by atoms with van der Waals surface area (Å²) < 4.78 is 0. The molecule has 0 heteroatoms. The lowest BCUT2D eigenvalue weighted by Crippen LogP contribution is -1.63. The monoisotopic (exact) mass is 134 g/mol. The lowest BCUT2D eigenvalue weighted by molar-refractivity contribution is 1.52. The summed E-state index contributed by atoms with van der Waals surface area (Å²) in [6.45, 7) is 7.64. The van der Waals surface area contributed by atoms with E-state index in [-0.39, 0.29) is 0 Å². The van der Waals surface area contributed by atoms with Gasteiger partial charge in [0.15, 0.2) is 0 Å². The number of hydrogen-bond donors (Lipinski definition) is 0. The molecule has 0 aromatic rings. The molecule has 0 aromatic carbocycles. The third-order valence-corrected chi connectivity index (χ3v) is 1.05. The van der Waals surface area contributed by atoms with E-state index in [0.29, 0.717) is 0 Å². The molecule has 0 aromatic heterocycles. The minimum absolute atomic E-state index is 1.23. The van der Waals surface area contributed by atoms with Crippen molar-refractivity contribution in [3.05, 3.63) is 48.6 Å². The van der Waals surface area contributed by atoms with Gasteiger partial charge in [0.05, 0.1) is 0 Å². The van der Waals surface area contributed by atoms with Gasteiger partial charge < -0.3 is 0 Å². The maximum absolute atomic E-state index is 3.58. The van der Waals surface area contributed by atoms with E-state index in [2.05, 4.69) is 19.6 Å². The second-order valence-electron chi connectivity index (χ2n) is 2.03. The van der Waals surface area contributed by atoms with Crippen LogP contribution in [0.4, 0.5) is 0 Å². The van der Waals surface area contributed by atoms with Crippen LogP contribution in [0.1, 0.15) is 13.8 Å². The molecule has 0 rings (SSSR count). The third kappa shape index (κ3) is 5.10. The summed E-state index contributed by atoms with van der Waals surface area (Å²) >= 11 is 0. The van der Waals surface area contributed by atoms with Gasteiger partial charge in [0, 0.05) is 0 Å². The first kappa shape index (κ1) is 8.96. The third-order valence-electron chi connectivity index (χ3n) is 1.05. The van der Waals surface area contributed by atoms with E-state index in [4.69, 9.17) is 0 Å². The van der Waals surface area contributed by atoms with Crippen molar-refractivity contribution in [2.45, 2.75) is 13.8 Å². The molecule has 0 radical (unpaired) electrons. The Morgan fingerprint density at radius 2 is 2.00 bits per heavy atom. The van der Waals surface area contributed by atoms with Crippen LogP contribution >= 0.6 is 0 Å². The second kappa shape index (κ2) is 6.09. The van der Waals surface area contributed by atoms with Crippen LogP contribution in [0.2, 0.25) is 0 Å². The lowest BCUT2D eigenvalue weighted by Gasteiger charge is -1.84. The molecular weight excluding hydrogens is 120 g/mol. The van der Waals surface area contributed by atoms with Crippen molar-refractivity contribution in [1.29, 1.82) is 0 Å². The molecule has 0 amide bonds. The molecule has 0 nitrogen and oxygen atoms in total. The zero-order valence-corrected chi connectivity index (χ0v) is 6.67. The smallest absolute Gasteiger partial charge is 0.0398 e. The summed E-state index contributed by atoms with van der Waals surface area (Å²) in [4.78, 5) is 0. The van der Waals surface area contributed by atoms with Crippen molar-refractivity contribution in [3.8, 4) is 0 Å². The Kier molecular flexibility index (Phi) is 5.45. The van der Waals surface area contributed by atoms with Gasteiger partial charge in [-0.3, -0.25) is 0 Å². The largest absolute Gasteiger partial charge is 0.0991 e. The van der Waals surface area contributed by atoms with Crippen molar-refractivity contribution >= 4 is 0 Å². The molecule has 0 spiro atoms. The molecule has 0 atom stereocenters. The predicted octanol–water partition coefficient (Wildman–Crippen LogP) is 3.25. The summed E-state index contributed by atoms with van der Waals surface area (Å²) in [5, 5.41) is 0. The molecule has 0 aliphatic heterocycles. The van der Waals surface area contributed by atoms with E-state index >= 15 is 0 Å². The molecule has 10 heavy (non-hydrogen) atoms. The van der Waals surface area contributed by atoms with Gasteiger partial charge in [-0.2, -0.15) is 0 Å². The first-order valence-corrected chi connectivity index (χ1v) is 3.40. The van der Waals surface area contributed by atoms with Crippen LogP contribution < -0.4 is 0 Å². The highest BCUT2D eigenvalue weighted by Crippen LogP contribution is 1.94. The van der Waals surface area contributed by atoms with Crippen molar-refractivity contribution in [2.75, 3.05) is 0 Å². The van der Waals surface area contributed by atoms with E-state index < -0.39 is 0 Å². The topological polar surface area (TPSA) is 0 Å². The van der Waals surface area contributed by atoms with Gasteiger partial charge in [0.25, 0.3) is 0 Å². The van der Waals surface area contributed by atoms with Crippen molar-refractivity contribution in [2.24, 2.45) is 0 Å². The molecule has 0 unspecified atom stereocenters. The van der Waals surface area contributed by atoms with Crippen LogP contribution in [0.3, 0.4) is 0 Å². The van der Waals surface area contributed by atoms with E-state index in [0.717, 1.165) is 0 Å². The van der Waals surface area contributed by atoms with Gasteiger partial charge in [-0.25, -0.2) is 0 Å². The fraction of sp³-hybridized carbons (Fsp3) is 0.200. The lowest BCUT2D eigenvalue weighted by atomic mass is 10.2. The minimum atomic E-state index is 1.23. The Hall–Kier alpha value is -1.04. The van der Waals surface area contributed by atoms with Gasteiger partial charge >= 0.3 is 0 Å². The zero-order valence-electron chi connectivity index (χ0n) is 6.67. The summed E-state index contributed by atoms with van der Waals surface area (Å²) in [5.41, 5.74) is 1.23. The molecule has 0 bridgehead atoms. The van der Waals surface area contributed by atoms with Crippen LogP contribution in [-0.2, 0) is 0 Å². The molecule has 0 saturated heterocycles. The SMILES string of the molecule is C=CC=CC(C)=CC=CC. The molecule has 0 fully saturated rings. The molecular formula is C10H14. The van der Waals surface area contributed by atoms with E-state index in [1.54, 1.807) is 6.08 Å². The van der Waals surface area contributed by atoms with Crippen LogP contribution in [0.5, 0.6) is 0 Å². The van der Waals surface area contributed by atoms with E-state index in [9.17, 15) is 0 Å². The van der Waals surface area contributed by atoms with Gasteiger partial charge in [0.2, 0.25) is 0 Å². The molecule has 0 N–H and O–H groups in total. The summed E-state index contributed by atoms with van der Waals surface area (Å²) in [6, 6.07) is 0. The minimum Gasteiger partial charge on any atom is -0.0991 e. The number of hydrogen-bond acceptors (Lipinski definition) is 0. The Morgan fingerprint density at radius 1 is 1.30 bits per heavy atom. The standard InChI is InChI=1S/C10H14/c1-4-6-8-10(3)9-7-5-2/h4-9H,1H2,2-3H3. The predicted molar refractivity (Wildman–Crippen MR) is 47.9 cm³/mol. The Morgan fingerprint density at radius 3 is 2.50 bits per heavy atom. The maximum atomic E-state index is 3.58. The Bertz CT molecular complexity index is 168. The van der Waals surface area contributed by atoms with Crippen molar-refractivity contribution in [1.82, 2.24) is 0 Å². The number of rotatable bonds is 3. The average molecular weight is 134 g/mol. The Labute approximate surface area is 63.3 Å². The highest BCUT2D eigenvalue weighted by molar-refractivity contribution is 5.23. The first-order chi connectivity index (χ1) is 4.81. The molecule has 0 aliphatic carbocycles. The highest BCUT2D eigenvalue weighted by atomic mass is 13.8. The fourth-order valence-corrected chi connectivity index (χ4v) is 0.523. The highest BCUT2D eigenvalue weighted by Gasteiger charge is 1.73. The van der Waals surface area contributed by atoms with Crippen LogP contribution in [0.15, 0.2) is 48.6 Å². The quantitative estimate of drug-likeness (QED) is 0.520. The van der Waals surface area contributed by atoms with E-state index in [1.165, 1.54) is 5.57 Å². The second-order valence-corrected chi connectivity index (χ2v) is 2.03. The average Bonchev–Trinajstić information content (AvgIpc) is 1.97. The molecule has 0 heterocycles. The number of allylic oxidation sites excluding steroid dienone is 7. The maximum Gasteiger partial charge on any atom is -0.0398 e. The first-order valence-electron chi connectivity index (χ1n) is 3.40. The zero-order chi connectivity index (χ0) is 7.82. The van der Waals surface area contributed by atoms with Crippen LogP contribution in [-0.4, -0.2) is 0 Å². The fourth-order valence-electron chi connectivity index (χ4n) is 0.523. The summed E-state index contributed by atoms with van der Waals surface area (Å²) in [7, 11) is 0. The Balaban J connectivity index is 3.93. The van der Waals surface area contributed by atoms with Gasteiger partial charge in [-0.1, -0.05) is 48.6 Å².